The zero-order chi connectivity index (χ0) is 14.9. The number of nitrogens with zero attached hydrogens (tertiary/aromatic N) is 3. The first-order chi connectivity index (χ1) is 10.8. The summed E-state index contributed by atoms with van der Waals surface area (Å²) in [6.07, 6.45) is 4.21. The Labute approximate surface area is 130 Å². The van der Waals surface area contributed by atoms with Crippen molar-refractivity contribution in [3.63, 3.8) is 0 Å². The molecule has 4 rings (SSSR count). The van der Waals surface area contributed by atoms with Crippen LogP contribution in [0.25, 0.3) is 16.9 Å². The van der Waals surface area contributed by atoms with Gasteiger partial charge in [-0.2, -0.15) is 0 Å². The number of hydrogen-bond acceptors (Lipinski definition) is 3. The van der Waals surface area contributed by atoms with E-state index in [4.69, 9.17) is 4.98 Å². The predicted molar refractivity (Wildman–Crippen MR) is 90.4 cm³/mol. The first kappa shape index (κ1) is 13.3. The lowest BCUT2D eigenvalue weighted by Gasteiger charge is -2.29. The molecule has 0 aliphatic carbocycles. The fraction of sp³-hybridized carbons (Fsp3) is 0.278. The lowest BCUT2D eigenvalue weighted by atomic mass is 10.1. The smallest absolute Gasteiger partial charge is 0.139 e. The number of aryl methyl sites for hydroxylation is 1. The van der Waals surface area contributed by atoms with Crippen LogP contribution in [0.5, 0.6) is 0 Å². The van der Waals surface area contributed by atoms with Crippen LogP contribution in [0, 0.1) is 6.92 Å². The van der Waals surface area contributed by atoms with Crippen molar-refractivity contribution >= 4 is 11.3 Å². The minimum atomic E-state index is 1.01. The Hall–Kier alpha value is -2.33. The zero-order valence-electron chi connectivity index (χ0n) is 12.8. The summed E-state index contributed by atoms with van der Waals surface area (Å²) in [5.41, 5.74) is 5.73. The fourth-order valence-corrected chi connectivity index (χ4v) is 2.95. The van der Waals surface area contributed by atoms with Gasteiger partial charge in [0.2, 0.25) is 0 Å². The van der Waals surface area contributed by atoms with E-state index in [0.717, 1.165) is 43.1 Å². The van der Waals surface area contributed by atoms with Crippen molar-refractivity contribution in [1.82, 2.24) is 14.7 Å². The summed E-state index contributed by atoms with van der Waals surface area (Å²) in [5, 5.41) is 3.39. The van der Waals surface area contributed by atoms with E-state index in [0.29, 0.717) is 0 Å². The van der Waals surface area contributed by atoms with Crippen LogP contribution in [0.1, 0.15) is 5.56 Å². The lowest BCUT2D eigenvalue weighted by Crippen LogP contribution is -2.43. The minimum Gasteiger partial charge on any atom is -0.369 e. The molecule has 3 aromatic rings. The number of rotatable bonds is 2. The zero-order valence-corrected chi connectivity index (χ0v) is 12.8. The van der Waals surface area contributed by atoms with Crippen LogP contribution in [0.15, 0.2) is 48.8 Å². The average Bonchev–Trinajstić information content (AvgIpc) is 2.99. The van der Waals surface area contributed by atoms with Gasteiger partial charge >= 0.3 is 0 Å². The van der Waals surface area contributed by atoms with E-state index < -0.39 is 0 Å². The Bertz CT molecular complexity index is 782. The average molecular weight is 292 g/mol. The van der Waals surface area contributed by atoms with Crippen molar-refractivity contribution in [2.45, 2.75) is 6.92 Å². The van der Waals surface area contributed by atoms with Crippen LogP contribution < -0.4 is 10.2 Å². The maximum atomic E-state index is 4.79. The molecular weight excluding hydrogens is 272 g/mol. The molecule has 0 saturated carbocycles. The van der Waals surface area contributed by atoms with Crippen LogP contribution in [0.2, 0.25) is 0 Å². The fourth-order valence-electron chi connectivity index (χ4n) is 2.95. The molecule has 2 aromatic heterocycles. The number of aromatic nitrogens is 2. The Morgan fingerprint density at radius 1 is 1.05 bits per heavy atom. The van der Waals surface area contributed by atoms with Gasteiger partial charge in [-0.15, -0.1) is 0 Å². The minimum absolute atomic E-state index is 1.01. The number of fused-ring (bicyclic) bond motifs is 1. The molecule has 112 valence electrons. The van der Waals surface area contributed by atoms with E-state index in [2.05, 4.69) is 70.3 Å². The SMILES string of the molecule is Cc1ccc(-c2cn3ccc(N4CCNCC4)cc3n2)cc1. The molecule has 1 saturated heterocycles. The Morgan fingerprint density at radius 2 is 1.82 bits per heavy atom. The third-order valence-electron chi connectivity index (χ3n) is 4.27. The quantitative estimate of drug-likeness (QED) is 0.788. The van der Waals surface area contributed by atoms with Gasteiger partial charge in [-0.3, -0.25) is 0 Å². The molecule has 4 nitrogen and oxygen atoms in total. The Morgan fingerprint density at radius 3 is 2.59 bits per heavy atom. The molecule has 1 N–H and O–H groups in total. The maximum absolute atomic E-state index is 4.79. The molecule has 4 heteroatoms. The van der Waals surface area contributed by atoms with Crippen molar-refractivity contribution < 1.29 is 0 Å². The standard InChI is InChI=1S/C18H20N4/c1-14-2-4-15(5-3-14)17-13-22-9-6-16(12-18(22)20-17)21-10-7-19-8-11-21/h2-6,9,12-13,19H,7-8,10-11H2,1H3. The van der Waals surface area contributed by atoms with E-state index in [9.17, 15) is 0 Å². The van der Waals surface area contributed by atoms with Gasteiger partial charge < -0.3 is 14.6 Å². The van der Waals surface area contributed by atoms with E-state index in [1.54, 1.807) is 0 Å². The molecule has 22 heavy (non-hydrogen) atoms. The van der Waals surface area contributed by atoms with Crippen LogP contribution >= 0.6 is 0 Å². The van der Waals surface area contributed by atoms with Crippen LogP contribution in [-0.4, -0.2) is 35.6 Å². The molecule has 1 fully saturated rings. The molecule has 1 aliphatic heterocycles. The van der Waals surface area contributed by atoms with Crippen LogP contribution in [0.4, 0.5) is 5.69 Å². The number of anilines is 1. The molecule has 3 heterocycles. The highest BCUT2D eigenvalue weighted by atomic mass is 15.2. The van der Waals surface area contributed by atoms with Crippen molar-refractivity contribution in [2.75, 3.05) is 31.1 Å². The van der Waals surface area contributed by atoms with Crippen molar-refractivity contribution in [3.05, 3.63) is 54.4 Å². The molecule has 0 radical (unpaired) electrons. The summed E-state index contributed by atoms with van der Waals surface area (Å²) in [6.45, 7) is 6.32. The number of hydrogen-bond donors (Lipinski definition) is 1. The summed E-state index contributed by atoms with van der Waals surface area (Å²) < 4.78 is 2.10. The third-order valence-corrected chi connectivity index (χ3v) is 4.27. The molecule has 0 unspecified atom stereocenters. The monoisotopic (exact) mass is 292 g/mol. The molecule has 0 amide bonds. The second-order valence-corrected chi connectivity index (χ2v) is 5.88. The Balaban J connectivity index is 1.69. The first-order valence-electron chi connectivity index (χ1n) is 7.81. The molecule has 0 bridgehead atoms. The van der Waals surface area contributed by atoms with Crippen molar-refractivity contribution in [2.24, 2.45) is 0 Å². The number of nitrogens with one attached hydrogen (secondary N) is 1. The van der Waals surface area contributed by atoms with Gasteiger partial charge in [-0.1, -0.05) is 29.8 Å². The molecule has 0 spiro atoms. The highest BCUT2D eigenvalue weighted by Crippen LogP contribution is 2.22. The number of benzene rings is 1. The van der Waals surface area contributed by atoms with E-state index in [-0.39, 0.29) is 0 Å². The first-order valence-corrected chi connectivity index (χ1v) is 7.81. The van der Waals surface area contributed by atoms with Gasteiger partial charge in [0.25, 0.3) is 0 Å². The maximum Gasteiger partial charge on any atom is 0.139 e. The van der Waals surface area contributed by atoms with Gasteiger partial charge in [-0.05, 0) is 13.0 Å². The summed E-state index contributed by atoms with van der Waals surface area (Å²) >= 11 is 0. The second kappa shape index (κ2) is 5.46. The molecule has 1 aromatic carbocycles. The molecular formula is C18H20N4. The number of imidazole rings is 1. The third kappa shape index (κ3) is 2.46. The Kier molecular flexibility index (Phi) is 3.31. The summed E-state index contributed by atoms with van der Waals surface area (Å²) in [4.78, 5) is 7.20. The normalized spacial score (nSPS) is 15.4. The van der Waals surface area contributed by atoms with Crippen LogP contribution in [0.3, 0.4) is 0 Å². The van der Waals surface area contributed by atoms with Gasteiger partial charge in [0.05, 0.1) is 5.69 Å². The summed E-state index contributed by atoms with van der Waals surface area (Å²) in [5.74, 6) is 0. The van der Waals surface area contributed by atoms with Gasteiger partial charge in [0, 0.05) is 55.9 Å². The largest absolute Gasteiger partial charge is 0.369 e. The van der Waals surface area contributed by atoms with Gasteiger partial charge in [0.15, 0.2) is 0 Å². The summed E-state index contributed by atoms with van der Waals surface area (Å²) in [6, 6.07) is 12.9. The lowest BCUT2D eigenvalue weighted by molar-refractivity contribution is 0.589. The molecule has 0 atom stereocenters. The van der Waals surface area contributed by atoms with E-state index in [1.807, 2.05) is 0 Å². The number of pyridine rings is 1. The summed E-state index contributed by atoms with van der Waals surface area (Å²) in [7, 11) is 0. The highest BCUT2D eigenvalue weighted by molar-refractivity contribution is 5.65. The molecule has 1 aliphatic rings. The van der Waals surface area contributed by atoms with E-state index in [1.165, 1.54) is 11.3 Å². The number of piperazine rings is 1. The van der Waals surface area contributed by atoms with Gasteiger partial charge in [-0.25, -0.2) is 4.98 Å². The highest BCUT2D eigenvalue weighted by Gasteiger charge is 2.12. The second-order valence-electron chi connectivity index (χ2n) is 5.88. The van der Waals surface area contributed by atoms with E-state index >= 15 is 0 Å². The van der Waals surface area contributed by atoms with Crippen molar-refractivity contribution in [1.29, 1.82) is 0 Å². The predicted octanol–water partition coefficient (Wildman–Crippen LogP) is 2.72. The van der Waals surface area contributed by atoms with Crippen LogP contribution in [-0.2, 0) is 0 Å². The van der Waals surface area contributed by atoms with Crippen molar-refractivity contribution in [3.8, 4) is 11.3 Å². The van der Waals surface area contributed by atoms with Gasteiger partial charge in [0.1, 0.15) is 5.65 Å². The topological polar surface area (TPSA) is 32.6 Å².